The summed E-state index contributed by atoms with van der Waals surface area (Å²) in [6.07, 6.45) is 0. The van der Waals surface area contributed by atoms with Crippen molar-refractivity contribution in [3.8, 4) is 0 Å². The Kier molecular flexibility index (Phi) is 3.42. The summed E-state index contributed by atoms with van der Waals surface area (Å²) < 4.78 is 2.34. The van der Waals surface area contributed by atoms with E-state index in [1.54, 1.807) is 0 Å². The molecule has 0 saturated heterocycles. The van der Waals surface area contributed by atoms with Gasteiger partial charge in [-0.25, -0.2) is 4.98 Å². The van der Waals surface area contributed by atoms with Gasteiger partial charge in [0.25, 0.3) is 0 Å². The van der Waals surface area contributed by atoms with Crippen LogP contribution < -0.4 is 4.90 Å². The molecule has 0 N–H and O–H groups in total. The molecule has 4 nitrogen and oxygen atoms in total. The summed E-state index contributed by atoms with van der Waals surface area (Å²) in [4.78, 5) is 9.65. The molecule has 0 amide bonds. The van der Waals surface area contributed by atoms with Crippen LogP contribution in [0.4, 0.5) is 5.95 Å². The average molecular weight is 258 g/mol. The largest absolute Gasteiger partial charge is 0.339 e. The van der Waals surface area contributed by atoms with E-state index in [4.69, 9.17) is 4.98 Å². The third-order valence-corrected chi connectivity index (χ3v) is 4.09. The van der Waals surface area contributed by atoms with Crippen LogP contribution >= 0.6 is 0 Å². The summed E-state index contributed by atoms with van der Waals surface area (Å²) in [7, 11) is 0. The predicted octanol–water partition coefficient (Wildman–Crippen LogP) is 2.20. The molecule has 0 fully saturated rings. The molecule has 1 aliphatic heterocycles. The van der Waals surface area contributed by atoms with Crippen molar-refractivity contribution < 1.29 is 0 Å². The fraction of sp³-hybridized carbons (Fsp3) is 0.533. The molecule has 0 bridgehead atoms. The Balaban J connectivity index is 1.78. The van der Waals surface area contributed by atoms with E-state index in [0.29, 0.717) is 0 Å². The minimum Gasteiger partial charge on any atom is -0.339 e. The highest BCUT2D eigenvalue weighted by Gasteiger charge is 2.23. The highest BCUT2D eigenvalue weighted by Crippen LogP contribution is 2.26. The minimum atomic E-state index is 1.06. The number of hydrogen-bond donors (Lipinski definition) is 0. The smallest absolute Gasteiger partial charge is 0.206 e. The fourth-order valence-corrected chi connectivity index (χ4v) is 2.86. The molecular formula is C15H22N4. The summed E-state index contributed by atoms with van der Waals surface area (Å²) in [5.74, 6) is 1.15. The monoisotopic (exact) mass is 258 g/mol. The van der Waals surface area contributed by atoms with Crippen LogP contribution in [0.25, 0.3) is 11.0 Å². The second-order valence-corrected chi connectivity index (χ2v) is 5.07. The van der Waals surface area contributed by atoms with Crippen molar-refractivity contribution in [1.29, 1.82) is 0 Å². The lowest BCUT2D eigenvalue weighted by atomic mass is 10.3. The molecule has 2 aromatic rings. The Morgan fingerprint density at radius 1 is 1.16 bits per heavy atom. The van der Waals surface area contributed by atoms with Gasteiger partial charge in [-0.05, 0) is 25.2 Å². The maximum absolute atomic E-state index is 4.77. The summed E-state index contributed by atoms with van der Waals surface area (Å²) in [6, 6.07) is 8.42. The molecule has 1 aliphatic rings. The molecule has 0 saturated carbocycles. The molecule has 0 aliphatic carbocycles. The van der Waals surface area contributed by atoms with Gasteiger partial charge in [0.05, 0.1) is 11.0 Å². The molecule has 0 spiro atoms. The summed E-state index contributed by atoms with van der Waals surface area (Å²) in [5, 5.41) is 0. The first-order valence-electron chi connectivity index (χ1n) is 7.26. The molecular weight excluding hydrogens is 236 g/mol. The lowest BCUT2D eigenvalue weighted by molar-refractivity contribution is 0.310. The maximum Gasteiger partial charge on any atom is 0.206 e. The van der Waals surface area contributed by atoms with Gasteiger partial charge in [-0.1, -0.05) is 26.0 Å². The molecule has 4 heteroatoms. The molecule has 1 aromatic carbocycles. The number of fused-ring (bicyclic) bond motifs is 3. The Morgan fingerprint density at radius 3 is 2.74 bits per heavy atom. The maximum atomic E-state index is 4.77. The van der Waals surface area contributed by atoms with Crippen LogP contribution in [0.2, 0.25) is 0 Å². The number of rotatable bonds is 5. The van der Waals surface area contributed by atoms with Crippen LogP contribution in [0.1, 0.15) is 13.8 Å². The zero-order valence-corrected chi connectivity index (χ0v) is 11.8. The van der Waals surface area contributed by atoms with Crippen molar-refractivity contribution in [2.24, 2.45) is 0 Å². The van der Waals surface area contributed by atoms with E-state index in [-0.39, 0.29) is 0 Å². The molecule has 19 heavy (non-hydrogen) atoms. The minimum absolute atomic E-state index is 1.06. The number of nitrogens with zero attached hydrogens (tertiary/aromatic N) is 4. The van der Waals surface area contributed by atoms with Gasteiger partial charge >= 0.3 is 0 Å². The Hall–Kier alpha value is -1.55. The summed E-state index contributed by atoms with van der Waals surface area (Å²) in [5.41, 5.74) is 2.38. The molecule has 2 heterocycles. The summed E-state index contributed by atoms with van der Waals surface area (Å²) >= 11 is 0. The Labute approximate surface area is 114 Å². The van der Waals surface area contributed by atoms with E-state index in [9.17, 15) is 0 Å². The van der Waals surface area contributed by atoms with Gasteiger partial charge in [-0.15, -0.1) is 0 Å². The molecule has 3 rings (SSSR count). The van der Waals surface area contributed by atoms with Crippen molar-refractivity contribution in [3.63, 3.8) is 0 Å². The third-order valence-electron chi connectivity index (χ3n) is 4.09. The van der Waals surface area contributed by atoms with Crippen LogP contribution in [0.5, 0.6) is 0 Å². The van der Waals surface area contributed by atoms with Gasteiger partial charge < -0.3 is 14.4 Å². The molecule has 102 valence electrons. The van der Waals surface area contributed by atoms with E-state index in [1.807, 2.05) is 0 Å². The first kappa shape index (κ1) is 12.5. The van der Waals surface area contributed by atoms with E-state index in [2.05, 4.69) is 52.5 Å². The van der Waals surface area contributed by atoms with Crippen molar-refractivity contribution in [2.75, 3.05) is 37.6 Å². The number of benzene rings is 1. The molecule has 1 aromatic heterocycles. The summed E-state index contributed by atoms with van der Waals surface area (Å²) in [6.45, 7) is 11.1. The van der Waals surface area contributed by atoms with E-state index in [0.717, 1.165) is 50.7 Å². The molecule has 0 unspecified atom stereocenters. The standard InChI is InChI=1S/C15H22N4/c1-3-17(4-2)9-10-18-11-12-19-14-8-6-5-7-13(14)16-15(18)19/h5-8H,3-4,9-12H2,1-2H3. The first-order valence-corrected chi connectivity index (χ1v) is 7.26. The zero-order valence-electron chi connectivity index (χ0n) is 11.8. The second kappa shape index (κ2) is 5.21. The van der Waals surface area contributed by atoms with Crippen molar-refractivity contribution >= 4 is 17.0 Å². The first-order chi connectivity index (χ1) is 9.33. The highest BCUT2D eigenvalue weighted by atomic mass is 15.4. The molecule has 0 radical (unpaired) electrons. The Bertz CT molecular complexity index is 556. The van der Waals surface area contributed by atoms with Crippen LogP contribution in [-0.4, -0.2) is 47.2 Å². The predicted molar refractivity (Wildman–Crippen MR) is 79.7 cm³/mol. The van der Waals surface area contributed by atoms with Gasteiger partial charge in [0.15, 0.2) is 0 Å². The van der Waals surface area contributed by atoms with Gasteiger partial charge in [-0.3, -0.25) is 0 Å². The van der Waals surface area contributed by atoms with Crippen LogP contribution in [0.3, 0.4) is 0 Å². The topological polar surface area (TPSA) is 24.3 Å². The van der Waals surface area contributed by atoms with Gasteiger partial charge in [0.1, 0.15) is 0 Å². The van der Waals surface area contributed by atoms with Gasteiger partial charge in [0.2, 0.25) is 5.95 Å². The fourth-order valence-electron chi connectivity index (χ4n) is 2.86. The number of aromatic nitrogens is 2. The Morgan fingerprint density at radius 2 is 1.95 bits per heavy atom. The van der Waals surface area contributed by atoms with Crippen molar-refractivity contribution in [3.05, 3.63) is 24.3 Å². The second-order valence-electron chi connectivity index (χ2n) is 5.07. The quantitative estimate of drug-likeness (QED) is 0.821. The van der Waals surface area contributed by atoms with E-state index < -0.39 is 0 Å². The number of imidazole rings is 1. The van der Waals surface area contributed by atoms with Gasteiger partial charge in [0, 0.05) is 26.2 Å². The third kappa shape index (κ3) is 2.21. The highest BCUT2D eigenvalue weighted by molar-refractivity contribution is 5.79. The van der Waals surface area contributed by atoms with Crippen LogP contribution in [-0.2, 0) is 6.54 Å². The van der Waals surface area contributed by atoms with Crippen molar-refractivity contribution in [1.82, 2.24) is 14.5 Å². The SMILES string of the molecule is CCN(CC)CCN1CCn2c1nc1ccccc12. The average Bonchev–Trinajstić information content (AvgIpc) is 2.99. The van der Waals surface area contributed by atoms with E-state index >= 15 is 0 Å². The number of likely N-dealkylation sites (N-methyl/N-ethyl adjacent to an activating group) is 1. The van der Waals surface area contributed by atoms with Crippen molar-refractivity contribution in [2.45, 2.75) is 20.4 Å². The number of anilines is 1. The van der Waals surface area contributed by atoms with Crippen LogP contribution in [0.15, 0.2) is 24.3 Å². The lowest BCUT2D eigenvalue weighted by Gasteiger charge is -2.22. The van der Waals surface area contributed by atoms with E-state index in [1.165, 1.54) is 5.52 Å². The molecule has 0 atom stereocenters. The normalized spacial score (nSPS) is 14.6. The zero-order chi connectivity index (χ0) is 13.2. The lowest BCUT2D eigenvalue weighted by Crippen LogP contribution is -2.34. The van der Waals surface area contributed by atoms with Gasteiger partial charge in [-0.2, -0.15) is 0 Å². The number of hydrogen-bond acceptors (Lipinski definition) is 3. The van der Waals surface area contributed by atoms with Crippen LogP contribution in [0, 0.1) is 0 Å². The number of para-hydroxylation sites is 2.